The van der Waals surface area contributed by atoms with Crippen molar-refractivity contribution in [2.75, 3.05) is 7.05 Å². The Morgan fingerprint density at radius 3 is 2.68 bits per heavy atom. The first-order chi connectivity index (χ1) is 14.7. The van der Waals surface area contributed by atoms with Gasteiger partial charge in [0.15, 0.2) is 0 Å². The Hall–Kier alpha value is -3.92. The van der Waals surface area contributed by atoms with E-state index >= 15 is 0 Å². The number of phenols is 1. The molecule has 1 aliphatic rings. The summed E-state index contributed by atoms with van der Waals surface area (Å²) >= 11 is 0. The van der Waals surface area contributed by atoms with Gasteiger partial charge in [0.2, 0.25) is 11.6 Å². The molecule has 2 amide bonds. The van der Waals surface area contributed by atoms with Crippen LogP contribution in [-0.2, 0) is 22.4 Å². The van der Waals surface area contributed by atoms with Gasteiger partial charge in [-0.15, -0.1) is 0 Å². The Morgan fingerprint density at radius 2 is 1.97 bits per heavy atom. The number of benzene rings is 2. The fraction of sp³-hybridized carbons (Fsp3) is 0.238. The van der Waals surface area contributed by atoms with Gasteiger partial charge >= 0.3 is 0 Å². The molecule has 1 saturated heterocycles. The summed E-state index contributed by atoms with van der Waals surface area (Å²) in [5.74, 6) is -1.32. The largest absolute Gasteiger partial charge is 0.508 e. The summed E-state index contributed by atoms with van der Waals surface area (Å²) in [6.45, 7) is 0. The third-order valence-corrected chi connectivity index (χ3v) is 5.60. The van der Waals surface area contributed by atoms with Crippen LogP contribution in [0.3, 0.4) is 0 Å². The van der Waals surface area contributed by atoms with Gasteiger partial charge in [-0.25, -0.2) is 0 Å². The first-order valence-electron chi connectivity index (χ1n) is 9.53. The number of hydrogen-bond donors (Lipinski definition) is 4. The number of piperazine rings is 1. The number of nitrogens with zero attached hydrogens (tertiary/aromatic N) is 2. The molecule has 2 heterocycles. The first kappa shape index (κ1) is 20.4. The zero-order valence-electron chi connectivity index (χ0n) is 16.5. The summed E-state index contributed by atoms with van der Waals surface area (Å²) in [7, 11) is 1.33. The van der Waals surface area contributed by atoms with Crippen molar-refractivity contribution in [2.24, 2.45) is 0 Å². The Balaban J connectivity index is 1.61. The van der Waals surface area contributed by atoms with Crippen LogP contribution in [0.4, 0.5) is 5.69 Å². The second-order valence-electron chi connectivity index (χ2n) is 7.56. The van der Waals surface area contributed by atoms with Gasteiger partial charge in [-0.05, 0) is 29.3 Å². The normalized spacial score (nSPS) is 21.4. The molecule has 4 N–H and O–H groups in total. The van der Waals surface area contributed by atoms with Crippen LogP contribution in [0.2, 0.25) is 0 Å². The van der Waals surface area contributed by atoms with Crippen molar-refractivity contribution in [3.63, 3.8) is 0 Å². The molecular weight excluding hydrogens is 404 g/mol. The molecule has 0 saturated carbocycles. The van der Waals surface area contributed by atoms with Crippen molar-refractivity contribution in [3.05, 3.63) is 69.9 Å². The second-order valence-corrected chi connectivity index (χ2v) is 7.56. The third kappa shape index (κ3) is 3.46. The molecule has 1 aromatic heterocycles. The molecule has 2 atom stereocenters. The highest BCUT2D eigenvalue weighted by Crippen LogP contribution is 2.31. The predicted molar refractivity (Wildman–Crippen MR) is 110 cm³/mol. The van der Waals surface area contributed by atoms with E-state index in [0.717, 1.165) is 4.90 Å². The molecule has 10 heteroatoms. The molecule has 3 aromatic rings. The standard InChI is InChI=1S/C21H20N4O6/c1-24-19(27)16(9-13-11-22-15-6-3-7-17(18(13)15)25(30)31)23-20(28)21(24,29)10-12-4-2-5-14(26)8-12/h2-8,11,16,22,26,29H,9-10H2,1H3,(H,23,28). The Kier molecular flexibility index (Phi) is 4.86. The molecule has 31 heavy (non-hydrogen) atoms. The number of hydrogen-bond acceptors (Lipinski definition) is 6. The fourth-order valence-corrected chi connectivity index (χ4v) is 3.96. The number of phenolic OH excluding ortho intramolecular Hbond substituents is 1. The smallest absolute Gasteiger partial charge is 0.279 e. The van der Waals surface area contributed by atoms with Gasteiger partial charge in [0.05, 0.1) is 15.8 Å². The third-order valence-electron chi connectivity index (χ3n) is 5.60. The number of carbonyl (C=O) groups is 2. The number of nitrogens with one attached hydrogen (secondary N) is 2. The van der Waals surface area contributed by atoms with Gasteiger partial charge in [0, 0.05) is 32.2 Å². The molecule has 4 rings (SSSR count). The minimum Gasteiger partial charge on any atom is -0.508 e. The number of aromatic hydroxyl groups is 1. The van der Waals surface area contributed by atoms with Crippen LogP contribution in [0.15, 0.2) is 48.7 Å². The van der Waals surface area contributed by atoms with Crippen molar-refractivity contribution in [1.82, 2.24) is 15.2 Å². The number of nitro groups is 1. The summed E-state index contributed by atoms with van der Waals surface area (Å²) in [5.41, 5.74) is -0.700. The van der Waals surface area contributed by atoms with E-state index in [-0.39, 0.29) is 24.3 Å². The molecule has 1 fully saturated rings. The number of amides is 2. The lowest BCUT2D eigenvalue weighted by molar-refractivity contribution is -0.383. The zero-order valence-corrected chi connectivity index (χ0v) is 16.5. The van der Waals surface area contributed by atoms with Gasteiger partial charge in [0.1, 0.15) is 11.8 Å². The molecular formula is C21H20N4O6. The average Bonchev–Trinajstić information content (AvgIpc) is 3.13. The van der Waals surface area contributed by atoms with Gasteiger partial charge in [-0.2, -0.15) is 0 Å². The van der Waals surface area contributed by atoms with Crippen molar-refractivity contribution in [1.29, 1.82) is 0 Å². The number of fused-ring (bicyclic) bond motifs is 1. The lowest BCUT2D eigenvalue weighted by atomic mass is 9.94. The molecule has 0 bridgehead atoms. The molecule has 0 spiro atoms. The SMILES string of the molecule is CN1C(=O)C(Cc2c[nH]c3cccc([N+](=O)[O-])c23)NC(=O)C1(O)Cc1cccc(O)c1. The van der Waals surface area contributed by atoms with Crippen molar-refractivity contribution in [3.8, 4) is 5.75 Å². The maximum absolute atomic E-state index is 13.0. The molecule has 10 nitrogen and oxygen atoms in total. The lowest BCUT2D eigenvalue weighted by Crippen LogP contribution is -2.70. The predicted octanol–water partition coefficient (Wildman–Crippen LogP) is 1.21. The highest BCUT2D eigenvalue weighted by Gasteiger charge is 2.50. The number of non-ortho nitro benzene ring substituents is 1. The minimum absolute atomic E-state index is 0.0158. The first-order valence-corrected chi connectivity index (χ1v) is 9.53. The van der Waals surface area contributed by atoms with E-state index in [4.69, 9.17) is 0 Å². The Labute approximate surface area is 176 Å². The van der Waals surface area contributed by atoms with Crippen molar-refractivity contribution >= 4 is 28.4 Å². The van der Waals surface area contributed by atoms with E-state index < -0.39 is 28.5 Å². The zero-order chi connectivity index (χ0) is 22.3. The molecule has 2 unspecified atom stereocenters. The number of likely N-dealkylation sites (N-methyl/N-ethyl adjacent to an activating group) is 1. The fourth-order valence-electron chi connectivity index (χ4n) is 3.96. The second kappa shape index (κ2) is 7.40. The molecule has 160 valence electrons. The summed E-state index contributed by atoms with van der Waals surface area (Å²) in [6, 6.07) is 9.68. The van der Waals surface area contributed by atoms with Gasteiger partial charge in [-0.3, -0.25) is 19.7 Å². The molecule has 1 aliphatic heterocycles. The van der Waals surface area contributed by atoms with E-state index in [1.165, 1.54) is 25.2 Å². The van der Waals surface area contributed by atoms with E-state index in [2.05, 4.69) is 10.3 Å². The van der Waals surface area contributed by atoms with Crippen LogP contribution < -0.4 is 5.32 Å². The summed E-state index contributed by atoms with van der Waals surface area (Å²) in [4.78, 5) is 40.6. The highest BCUT2D eigenvalue weighted by molar-refractivity contribution is 5.99. The monoisotopic (exact) mass is 424 g/mol. The Bertz CT molecular complexity index is 1210. The number of aromatic amines is 1. The maximum atomic E-state index is 13.0. The average molecular weight is 424 g/mol. The van der Waals surface area contributed by atoms with E-state index in [1.807, 2.05) is 0 Å². The highest BCUT2D eigenvalue weighted by atomic mass is 16.6. The quantitative estimate of drug-likeness (QED) is 0.357. The number of rotatable bonds is 5. The topological polar surface area (TPSA) is 149 Å². The van der Waals surface area contributed by atoms with Crippen LogP contribution in [0, 0.1) is 10.1 Å². The van der Waals surface area contributed by atoms with E-state index in [0.29, 0.717) is 22.0 Å². The van der Waals surface area contributed by atoms with Crippen LogP contribution in [0.25, 0.3) is 10.9 Å². The summed E-state index contributed by atoms with van der Waals surface area (Å²) < 4.78 is 0. The number of H-pyrrole nitrogens is 1. The molecule has 0 radical (unpaired) electrons. The van der Waals surface area contributed by atoms with Crippen molar-refractivity contribution in [2.45, 2.75) is 24.6 Å². The number of nitro benzene ring substituents is 1. The van der Waals surface area contributed by atoms with Crippen LogP contribution in [-0.4, -0.2) is 55.6 Å². The Morgan fingerprint density at radius 1 is 1.23 bits per heavy atom. The van der Waals surface area contributed by atoms with Crippen molar-refractivity contribution < 1.29 is 24.7 Å². The van der Waals surface area contributed by atoms with E-state index in [1.54, 1.807) is 30.5 Å². The summed E-state index contributed by atoms with van der Waals surface area (Å²) in [5, 5.41) is 34.9. The molecule has 0 aliphatic carbocycles. The van der Waals surface area contributed by atoms with Gasteiger partial charge in [0.25, 0.3) is 11.6 Å². The van der Waals surface area contributed by atoms with Crippen LogP contribution >= 0.6 is 0 Å². The number of carbonyl (C=O) groups excluding carboxylic acids is 2. The van der Waals surface area contributed by atoms with Crippen LogP contribution in [0.1, 0.15) is 11.1 Å². The van der Waals surface area contributed by atoms with Gasteiger partial charge in [-0.1, -0.05) is 18.2 Å². The van der Waals surface area contributed by atoms with E-state index in [9.17, 15) is 29.9 Å². The number of aliphatic hydroxyl groups is 1. The minimum atomic E-state index is -2.13. The van der Waals surface area contributed by atoms with Crippen LogP contribution in [0.5, 0.6) is 5.75 Å². The van der Waals surface area contributed by atoms with Gasteiger partial charge < -0.3 is 25.4 Å². The maximum Gasteiger partial charge on any atom is 0.279 e. The lowest BCUT2D eigenvalue weighted by Gasteiger charge is -2.42. The summed E-state index contributed by atoms with van der Waals surface area (Å²) in [6.07, 6.45) is 1.38. The molecule has 2 aromatic carbocycles. The number of aromatic nitrogens is 1.